The summed E-state index contributed by atoms with van der Waals surface area (Å²) in [5.41, 5.74) is -0.349. The van der Waals surface area contributed by atoms with Gasteiger partial charge in [0.05, 0.1) is 18.0 Å². The van der Waals surface area contributed by atoms with Gasteiger partial charge in [0.25, 0.3) is 12.3 Å². The number of rotatable bonds is 10. The van der Waals surface area contributed by atoms with E-state index in [-0.39, 0.29) is 47.0 Å². The zero-order chi connectivity index (χ0) is 40.5. The van der Waals surface area contributed by atoms with Crippen LogP contribution in [-0.4, -0.2) is 49.9 Å². The molecular formula is C38H36F6N8O3S. The van der Waals surface area contributed by atoms with E-state index in [2.05, 4.69) is 37.2 Å². The summed E-state index contributed by atoms with van der Waals surface area (Å²) in [5, 5.41) is 14.8. The molecule has 2 aliphatic rings. The largest absolute Gasteiger partial charge is 0.346 e. The number of pyridine rings is 2. The average molecular weight is 799 g/mol. The SMILES string of the molecule is Cc1ccc(-c2ccc(C#CC(C)(C)C)nc2[C@H](Cc2cc(F)cc(F)c2)NC(=O)Cn2nc(C(F)F)c3c2C(F)(F)[C@@H]2CC[C@H]32)c2nnc(NS(C)(=O)=O)n12. The number of aromatic nitrogens is 6. The minimum atomic E-state index is -3.78. The maximum Gasteiger partial charge on any atom is 0.293 e. The second kappa shape index (κ2) is 13.9. The Bertz CT molecular complexity index is 2550. The number of anilines is 1. The number of nitrogens with zero attached hydrogens (tertiary/aromatic N) is 6. The van der Waals surface area contributed by atoms with Crippen molar-refractivity contribution in [3.63, 3.8) is 0 Å². The molecular weight excluding hydrogens is 763 g/mol. The molecule has 56 heavy (non-hydrogen) atoms. The van der Waals surface area contributed by atoms with Crippen LogP contribution >= 0.6 is 0 Å². The molecule has 0 unspecified atom stereocenters. The van der Waals surface area contributed by atoms with Crippen LogP contribution in [0.25, 0.3) is 16.8 Å². The number of halogens is 6. The molecule has 5 aromatic rings. The van der Waals surface area contributed by atoms with Crippen LogP contribution in [0.4, 0.5) is 32.3 Å². The predicted octanol–water partition coefficient (Wildman–Crippen LogP) is 6.98. The smallest absolute Gasteiger partial charge is 0.293 e. The molecule has 0 aliphatic heterocycles. The van der Waals surface area contributed by atoms with Crippen molar-refractivity contribution in [1.82, 2.24) is 34.7 Å². The Kier molecular flexibility index (Phi) is 9.66. The summed E-state index contributed by atoms with van der Waals surface area (Å²) in [6.45, 7) is 6.46. The Morgan fingerprint density at radius 2 is 1.71 bits per heavy atom. The van der Waals surface area contributed by atoms with Gasteiger partial charge in [0.15, 0.2) is 5.65 Å². The highest BCUT2D eigenvalue weighted by Gasteiger charge is 2.62. The van der Waals surface area contributed by atoms with Crippen LogP contribution in [0.1, 0.15) is 91.6 Å². The number of sulfonamides is 1. The minimum Gasteiger partial charge on any atom is -0.346 e. The molecule has 18 heteroatoms. The lowest BCUT2D eigenvalue weighted by Crippen LogP contribution is -2.36. The standard InChI is InChI=1S/C38H36F6N8O3S/c1-19-6-8-25(35-47-48-36(52(19)35)50-56(5,54)55)24-9-7-23(12-13-37(2,3)4)45-31(24)28(16-20-14-21(39)17-22(40)15-20)46-29(53)18-51-33-30(32(49-51)34(41)42)26-10-11-27(26)38(33,43)44/h6-9,14-15,17,26-28,34H,10-11,16,18H2,1-5H3,(H,46,53)(H,48,50)/t26-,27+,28-/m0/s1. The number of fused-ring (bicyclic) bond motifs is 4. The Balaban J connectivity index is 1.37. The second-order valence-corrected chi connectivity index (χ2v) is 16.9. The third-order valence-corrected chi connectivity index (χ3v) is 10.3. The Labute approximate surface area is 318 Å². The fraction of sp³-hybridized carbons (Fsp3) is 0.395. The predicted molar refractivity (Wildman–Crippen MR) is 193 cm³/mol. The van der Waals surface area contributed by atoms with Crippen molar-refractivity contribution in [1.29, 1.82) is 0 Å². The van der Waals surface area contributed by atoms with Crippen molar-refractivity contribution in [2.45, 2.75) is 77.8 Å². The maximum atomic E-state index is 15.6. The minimum absolute atomic E-state index is 0.0889. The third-order valence-electron chi connectivity index (χ3n) is 9.78. The number of alkyl halides is 4. The normalized spacial score (nSPS) is 17.9. The molecule has 4 heterocycles. The van der Waals surface area contributed by atoms with Crippen LogP contribution in [0.2, 0.25) is 0 Å². The lowest BCUT2D eigenvalue weighted by atomic mass is 9.73. The molecule has 7 rings (SSSR count). The van der Waals surface area contributed by atoms with Gasteiger partial charge in [-0.3, -0.25) is 18.6 Å². The lowest BCUT2D eigenvalue weighted by Gasteiger charge is -2.34. The lowest BCUT2D eigenvalue weighted by molar-refractivity contribution is -0.123. The number of amides is 1. The number of benzene rings is 1. The number of hydrogen-bond acceptors (Lipinski definition) is 7. The summed E-state index contributed by atoms with van der Waals surface area (Å²) < 4.78 is 117. The van der Waals surface area contributed by atoms with Gasteiger partial charge in [0.2, 0.25) is 21.9 Å². The highest BCUT2D eigenvalue weighted by molar-refractivity contribution is 7.92. The topological polar surface area (TPSA) is 136 Å². The summed E-state index contributed by atoms with van der Waals surface area (Å²) in [4.78, 5) is 18.8. The molecule has 3 atom stereocenters. The van der Waals surface area contributed by atoms with Crippen LogP contribution in [0.3, 0.4) is 0 Å². The van der Waals surface area contributed by atoms with E-state index < -0.39 is 81.1 Å². The Morgan fingerprint density at radius 3 is 2.34 bits per heavy atom. The maximum absolute atomic E-state index is 15.6. The molecule has 0 saturated heterocycles. The van der Waals surface area contributed by atoms with Gasteiger partial charge in [-0.2, -0.15) is 13.9 Å². The van der Waals surface area contributed by atoms with Crippen molar-refractivity contribution < 1.29 is 39.6 Å². The Morgan fingerprint density at radius 1 is 1.02 bits per heavy atom. The summed E-state index contributed by atoms with van der Waals surface area (Å²) in [6.07, 6.45) is -2.05. The molecule has 2 aliphatic carbocycles. The van der Waals surface area contributed by atoms with Gasteiger partial charge in [-0.25, -0.2) is 31.0 Å². The fourth-order valence-electron chi connectivity index (χ4n) is 7.38. The van der Waals surface area contributed by atoms with Gasteiger partial charge in [-0.1, -0.05) is 5.92 Å². The molecule has 294 valence electrons. The van der Waals surface area contributed by atoms with Crippen LogP contribution in [0.5, 0.6) is 0 Å². The Hall–Kier alpha value is -5.44. The van der Waals surface area contributed by atoms with Gasteiger partial charge in [0.1, 0.15) is 35.3 Å². The van der Waals surface area contributed by atoms with Crippen molar-refractivity contribution in [2.75, 3.05) is 11.0 Å². The van der Waals surface area contributed by atoms with E-state index in [1.54, 1.807) is 31.2 Å². The van der Waals surface area contributed by atoms with Crippen molar-refractivity contribution in [3.8, 4) is 23.0 Å². The van der Waals surface area contributed by atoms with Crippen molar-refractivity contribution >= 4 is 27.5 Å². The zero-order valence-corrected chi connectivity index (χ0v) is 31.6. The van der Waals surface area contributed by atoms with Crippen LogP contribution < -0.4 is 10.0 Å². The highest BCUT2D eigenvalue weighted by Crippen LogP contribution is 2.63. The summed E-state index contributed by atoms with van der Waals surface area (Å²) in [5.74, 6) is -2.21. The first-order valence-corrected chi connectivity index (χ1v) is 19.5. The van der Waals surface area contributed by atoms with Gasteiger partial charge in [-0.05, 0) is 101 Å². The van der Waals surface area contributed by atoms with E-state index in [4.69, 9.17) is 4.98 Å². The van der Waals surface area contributed by atoms with Gasteiger partial charge in [0, 0.05) is 39.8 Å². The second-order valence-electron chi connectivity index (χ2n) is 15.2. The number of aryl methyl sites for hydroxylation is 1. The molecule has 2 N–H and O–H groups in total. The van der Waals surface area contributed by atoms with Crippen LogP contribution in [0.15, 0.2) is 42.5 Å². The van der Waals surface area contributed by atoms with E-state index in [1.807, 2.05) is 20.8 Å². The first-order valence-electron chi connectivity index (χ1n) is 17.6. The molecule has 0 radical (unpaired) electrons. The first-order chi connectivity index (χ1) is 26.2. The molecule has 1 fully saturated rings. The van der Waals surface area contributed by atoms with E-state index in [1.165, 1.54) is 4.40 Å². The van der Waals surface area contributed by atoms with Crippen molar-refractivity contribution in [2.24, 2.45) is 11.3 Å². The molecule has 1 aromatic carbocycles. The van der Waals surface area contributed by atoms with Crippen LogP contribution in [-0.2, 0) is 33.7 Å². The summed E-state index contributed by atoms with van der Waals surface area (Å²) in [6, 6.07) is 8.11. The third kappa shape index (κ3) is 7.43. The highest BCUT2D eigenvalue weighted by atomic mass is 32.2. The molecule has 11 nitrogen and oxygen atoms in total. The fourth-order valence-corrected chi connectivity index (χ4v) is 7.84. The summed E-state index contributed by atoms with van der Waals surface area (Å²) in [7, 11) is -3.78. The quantitative estimate of drug-likeness (QED) is 0.115. The van der Waals surface area contributed by atoms with E-state index in [0.29, 0.717) is 34.0 Å². The van der Waals surface area contributed by atoms with Gasteiger partial charge >= 0.3 is 0 Å². The first kappa shape index (κ1) is 38.8. The van der Waals surface area contributed by atoms with Gasteiger partial charge in [-0.15, -0.1) is 10.2 Å². The number of nitrogens with one attached hydrogen (secondary N) is 2. The molecule has 1 saturated carbocycles. The molecule has 4 aromatic heterocycles. The van der Waals surface area contributed by atoms with Crippen molar-refractivity contribution in [3.05, 3.63) is 93.7 Å². The van der Waals surface area contributed by atoms with E-state index >= 15 is 8.78 Å². The summed E-state index contributed by atoms with van der Waals surface area (Å²) >= 11 is 0. The average Bonchev–Trinajstić information content (AvgIpc) is 3.68. The molecule has 1 amide bonds. The zero-order valence-electron chi connectivity index (χ0n) is 30.8. The van der Waals surface area contributed by atoms with E-state index in [9.17, 15) is 30.8 Å². The monoisotopic (exact) mass is 798 g/mol. The van der Waals surface area contributed by atoms with E-state index in [0.717, 1.165) is 18.4 Å². The number of hydrogen-bond donors (Lipinski definition) is 2. The number of carbonyl (C=O) groups excluding carboxylic acids is 1. The number of carbonyl (C=O) groups is 1. The molecule has 0 spiro atoms. The molecule has 0 bridgehead atoms. The van der Waals surface area contributed by atoms with Crippen LogP contribution in [0, 0.1) is 41.7 Å². The van der Waals surface area contributed by atoms with Gasteiger partial charge < -0.3 is 5.32 Å².